The predicted molar refractivity (Wildman–Crippen MR) is 85.5 cm³/mol. The molecule has 2 aliphatic rings. The Morgan fingerprint density at radius 3 is 2.10 bits per heavy atom. The summed E-state index contributed by atoms with van der Waals surface area (Å²) < 4.78 is 0. The molecule has 118 valence electrons. The van der Waals surface area contributed by atoms with E-state index < -0.39 is 0 Å². The van der Waals surface area contributed by atoms with Crippen LogP contribution in [0.5, 0.6) is 0 Å². The third kappa shape index (κ3) is 4.46. The van der Waals surface area contributed by atoms with Crippen LogP contribution in [0.1, 0.15) is 72.1 Å². The molecule has 0 aromatic carbocycles. The number of aliphatic hydroxyl groups is 1. The molecule has 0 aromatic heterocycles. The molecule has 1 aliphatic heterocycles. The highest BCUT2D eigenvalue weighted by Gasteiger charge is 2.31. The summed E-state index contributed by atoms with van der Waals surface area (Å²) in [5.74, 6) is 3.53. The molecular formula is C18H35NO. The Balaban J connectivity index is 1.72. The topological polar surface area (TPSA) is 23.5 Å². The van der Waals surface area contributed by atoms with Crippen LogP contribution in [0.15, 0.2) is 0 Å². The fourth-order valence-corrected chi connectivity index (χ4v) is 4.12. The summed E-state index contributed by atoms with van der Waals surface area (Å²) in [6.07, 6.45) is 10.4. The number of piperidine rings is 1. The van der Waals surface area contributed by atoms with E-state index >= 15 is 0 Å². The average molecular weight is 281 g/mol. The molecule has 20 heavy (non-hydrogen) atoms. The molecule has 1 heterocycles. The van der Waals surface area contributed by atoms with Gasteiger partial charge in [0, 0.05) is 13.1 Å². The highest BCUT2D eigenvalue weighted by atomic mass is 16.3. The minimum absolute atomic E-state index is 0.197. The number of likely N-dealkylation sites (tertiary alicyclic amines) is 1. The van der Waals surface area contributed by atoms with Crippen LogP contribution in [0, 0.1) is 23.7 Å². The fourth-order valence-electron chi connectivity index (χ4n) is 4.12. The molecule has 2 fully saturated rings. The van der Waals surface area contributed by atoms with Crippen LogP contribution in [0.25, 0.3) is 0 Å². The lowest BCUT2D eigenvalue weighted by molar-refractivity contribution is -0.0374. The molecular weight excluding hydrogens is 246 g/mol. The van der Waals surface area contributed by atoms with Crippen molar-refractivity contribution in [2.75, 3.05) is 13.1 Å². The van der Waals surface area contributed by atoms with Crippen LogP contribution in [0.3, 0.4) is 0 Å². The van der Waals surface area contributed by atoms with Gasteiger partial charge in [-0.15, -0.1) is 0 Å². The number of hydrogen-bond donors (Lipinski definition) is 1. The van der Waals surface area contributed by atoms with Crippen LogP contribution in [-0.4, -0.2) is 29.3 Å². The first kappa shape index (κ1) is 16.3. The second kappa shape index (κ2) is 7.79. The van der Waals surface area contributed by atoms with Crippen molar-refractivity contribution in [3.05, 3.63) is 0 Å². The van der Waals surface area contributed by atoms with Crippen molar-refractivity contribution in [2.45, 2.75) is 78.4 Å². The Bertz CT molecular complexity index is 265. The van der Waals surface area contributed by atoms with E-state index in [0.29, 0.717) is 5.92 Å². The van der Waals surface area contributed by atoms with Gasteiger partial charge in [0.2, 0.25) is 0 Å². The van der Waals surface area contributed by atoms with Gasteiger partial charge in [-0.3, -0.25) is 4.90 Å². The maximum Gasteiger partial charge on any atom is 0.107 e. The first-order valence-corrected chi connectivity index (χ1v) is 9.02. The van der Waals surface area contributed by atoms with Crippen molar-refractivity contribution in [3.63, 3.8) is 0 Å². The van der Waals surface area contributed by atoms with Crippen LogP contribution < -0.4 is 0 Å². The van der Waals surface area contributed by atoms with Crippen molar-refractivity contribution in [1.82, 2.24) is 4.90 Å². The SMILES string of the molecule is CC[C@@H](C)CC(O)N1CCC(C2CCC(C)CC2)CC1. The Morgan fingerprint density at radius 1 is 1.00 bits per heavy atom. The highest BCUT2D eigenvalue weighted by molar-refractivity contribution is 4.82. The van der Waals surface area contributed by atoms with Crippen molar-refractivity contribution in [3.8, 4) is 0 Å². The molecule has 0 radical (unpaired) electrons. The molecule has 1 aliphatic carbocycles. The quantitative estimate of drug-likeness (QED) is 0.813. The van der Waals surface area contributed by atoms with E-state index in [1.165, 1.54) is 44.9 Å². The average Bonchev–Trinajstić information content (AvgIpc) is 2.48. The molecule has 1 saturated heterocycles. The summed E-state index contributed by atoms with van der Waals surface area (Å²) in [4.78, 5) is 2.33. The molecule has 1 N–H and O–H groups in total. The third-order valence-electron chi connectivity index (χ3n) is 6.03. The van der Waals surface area contributed by atoms with Crippen molar-refractivity contribution >= 4 is 0 Å². The number of aliphatic hydroxyl groups excluding tert-OH is 1. The van der Waals surface area contributed by atoms with Crippen LogP contribution in [0.4, 0.5) is 0 Å². The molecule has 2 atom stereocenters. The zero-order chi connectivity index (χ0) is 14.5. The molecule has 2 rings (SSSR count). The minimum Gasteiger partial charge on any atom is -0.378 e. The Morgan fingerprint density at radius 2 is 1.55 bits per heavy atom. The van der Waals surface area contributed by atoms with E-state index in [1.807, 2.05) is 0 Å². The third-order valence-corrected chi connectivity index (χ3v) is 6.03. The first-order valence-electron chi connectivity index (χ1n) is 9.02. The van der Waals surface area contributed by atoms with E-state index in [2.05, 4.69) is 25.7 Å². The van der Waals surface area contributed by atoms with Crippen molar-refractivity contribution in [1.29, 1.82) is 0 Å². The zero-order valence-electron chi connectivity index (χ0n) is 13.9. The molecule has 0 bridgehead atoms. The summed E-state index contributed by atoms with van der Waals surface area (Å²) >= 11 is 0. The highest BCUT2D eigenvalue weighted by Crippen LogP contribution is 2.38. The lowest BCUT2D eigenvalue weighted by Crippen LogP contribution is -2.43. The Hall–Kier alpha value is -0.0800. The molecule has 1 saturated carbocycles. The molecule has 1 unspecified atom stereocenters. The number of hydrogen-bond acceptors (Lipinski definition) is 2. The van der Waals surface area contributed by atoms with Gasteiger partial charge in [0.05, 0.1) is 0 Å². The van der Waals surface area contributed by atoms with Gasteiger partial charge in [0.15, 0.2) is 0 Å². The summed E-state index contributed by atoms with van der Waals surface area (Å²) in [6, 6.07) is 0. The normalized spacial score (nSPS) is 33.0. The Kier molecular flexibility index (Phi) is 6.35. The van der Waals surface area contributed by atoms with E-state index in [-0.39, 0.29) is 6.23 Å². The van der Waals surface area contributed by atoms with Gasteiger partial charge in [0.1, 0.15) is 6.23 Å². The smallest absolute Gasteiger partial charge is 0.107 e. The van der Waals surface area contributed by atoms with E-state index in [0.717, 1.165) is 37.3 Å². The predicted octanol–water partition coefficient (Wildman–Crippen LogP) is 4.28. The van der Waals surface area contributed by atoms with Gasteiger partial charge < -0.3 is 5.11 Å². The monoisotopic (exact) mass is 281 g/mol. The molecule has 2 nitrogen and oxygen atoms in total. The van der Waals surface area contributed by atoms with Gasteiger partial charge in [-0.2, -0.15) is 0 Å². The molecule has 0 spiro atoms. The van der Waals surface area contributed by atoms with E-state index in [9.17, 15) is 5.11 Å². The Labute approximate surface area is 125 Å². The molecule has 0 aromatic rings. The fraction of sp³-hybridized carbons (Fsp3) is 1.00. The van der Waals surface area contributed by atoms with Crippen LogP contribution in [-0.2, 0) is 0 Å². The second-order valence-corrected chi connectivity index (χ2v) is 7.62. The zero-order valence-corrected chi connectivity index (χ0v) is 13.9. The van der Waals surface area contributed by atoms with Crippen molar-refractivity contribution < 1.29 is 5.11 Å². The van der Waals surface area contributed by atoms with Gasteiger partial charge in [0.25, 0.3) is 0 Å². The van der Waals surface area contributed by atoms with Crippen molar-refractivity contribution in [2.24, 2.45) is 23.7 Å². The van der Waals surface area contributed by atoms with Crippen LogP contribution >= 0.6 is 0 Å². The first-order chi connectivity index (χ1) is 9.60. The van der Waals surface area contributed by atoms with Crippen LogP contribution in [0.2, 0.25) is 0 Å². The summed E-state index contributed by atoms with van der Waals surface area (Å²) in [7, 11) is 0. The number of nitrogens with zero attached hydrogens (tertiary/aromatic N) is 1. The molecule has 0 amide bonds. The van der Waals surface area contributed by atoms with E-state index in [1.54, 1.807) is 0 Å². The largest absolute Gasteiger partial charge is 0.378 e. The van der Waals surface area contributed by atoms with Gasteiger partial charge in [-0.25, -0.2) is 0 Å². The molecule has 2 heteroatoms. The lowest BCUT2D eigenvalue weighted by atomic mass is 9.73. The van der Waals surface area contributed by atoms with E-state index in [4.69, 9.17) is 0 Å². The summed E-state index contributed by atoms with van der Waals surface area (Å²) in [5.41, 5.74) is 0. The lowest BCUT2D eigenvalue weighted by Gasteiger charge is -2.40. The number of rotatable bonds is 5. The maximum absolute atomic E-state index is 10.3. The second-order valence-electron chi connectivity index (χ2n) is 7.62. The van der Waals surface area contributed by atoms with Gasteiger partial charge in [-0.05, 0) is 55.8 Å². The minimum atomic E-state index is -0.197. The standard InChI is InChI=1S/C18H35NO/c1-4-14(2)13-18(20)19-11-9-17(10-12-19)16-7-5-15(3)6-8-16/h14-18,20H,4-13H2,1-3H3/t14-,15?,16?,18?/m1/s1. The summed E-state index contributed by atoms with van der Waals surface area (Å²) in [6.45, 7) is 9.11. The summed E-state index contributed by atoms with van der Waals surface area (Å²) in [5, 5.41) is 10.3. The van der Waals surface area contributed by atoms with Gasteiger partial charge in [-0.1, -0.05) is 40.0 Å². The van der Waals surface area contributed by atoms with Gasteiger partial charge >= 0.3 is 0 Å². The maximum atomic E-state index is 10.3.